The van der Waals surface area contributed by atoms with Gasteiger partial charge in [0.25, 0.3) is 0 Å². The molecule has 20 heavy (non-hydrogen) atoms. The van der Waals surface area contributed by atoms with E-state index in [1.165, 1.54) is 7.11 Å². The second-order valence-electron chi connectivity index (χ2n) is 4.28. The van der Waals surface area contributed by atoms with Crippen LogP contribution in [0.3, 0.4) is 0 Å². The van der Waals surface area contributed by atoms with Crippen molar-refractivity contribution >= 4 is 5.97 Å². The fraction of sp³-hybridized carbons (Fsp3) is 0.188. The number of rotatable bonds is 5. The maximum Gasteiger partial charge on any atom is 0.337 e. The fourth-order valence-electron chi connectivity index (χ4n) is 1.71. The minimum atomic E-state index is -0.350. The van der Waals surface area contributed by atoms with Crippen LogP contribution in [0.5, 0.6) is 5.75 Å². The predicted octanol–water partition coefficient (Wildman–Crippen LogP) is 2.54. The summed E-state index contributed by atoms with van der Waals surface area (Å²) < 4.78 is 10.3. The zero-order valence-corrected chi connectivity index (χ0v) is 11.2. The van der Waals surface area contributed by atoms with E-state index < -0.39 is 0 Å². The molecule has 0 aliphatic rings. The lowest BCUT2D eigenvalue weighted by Gasteiger charge is -2.07. The van der Waals surface area contributed by atoms with E-state index >= 15 is 0 Å². The quantitative estimate of drug-likeness (QED) is 0.850. The maximum absolute atomic E-state index is 11.3. The Balaban J connectivity index is 1.94. The standard InChI is InChI=1S/C16H16O4/c1-19-16(18)14-6-2-13(3-7-14)11-20-15-8-4-12(10-17)5-9-15/h2-9,17H,10-11H2,1H3. The van der Waals surface area contributed by atoms with Gasteiger partial charge in [0.15, 0.2) is 0 Å². The smallest absolute Gasteiger partial charge is 0.337 e. The molecule has 0 aliphatic carbocycles. The van der Waals surface area contributed by atoms with E-state index in [0.717, 1.165) is 16.9 Å². The van der Waals surface area contributed by atoms with Gasteiger partial charge in [-0.3, -0.25) is 0 Å². The van der Waals surface area contributed by atoms with E-state index in [-0.39, 0.29) is 12.6 Å². The molecular formula is C16H16O4. The maximum atomic E-state index is 11.3. The van der Waals surface area contributed by atoms with Gasteiger partial charge in [0.1, 0.15) is 12.4 Å². The molecule has 1 N–H and O–H groups in total. The molecule has 0 radical (unpaired) electrons. The molecule has 0 aliphatic heterocycles. The van der Waals surface area contributed by atoms with Crippen LogP contribution >= 0.6 is 0 Å². The number of aliphatic hydroxyl groups is 1. The minimum Gasteiger partial charge on any atom is -0.489 e. The number of hydrogen-bond acceptors (Lipinski definition) is 4. The molecule has 4 nitrogen and oxygen atoms in total. The van der Waals surface area contributed by atoms with E-state index in [2.05, 4.69) is 4.74 Å². The van der Waals surface area contributed by atoms with Gasteiger partial charge < -0.3 is 14.6 Å². The van der Waals surface area contributed by atoms with Crippen molar-refractivity contribution in [2.45, 2.75) is 13.2 Å². The summed E-state index contributed by atoms with van der Waals surface area (Å²) in [5, 5.41) is 8.95. The molecule has 2 rings (SSSR count). The Morgan fingerprint density at radius 2 is 1.60 bits per heavy atom. The van der Waals surface area contributed by atoms with Gasteiger partial charge in [-0.15, -0.1) is 0 Å². The van der Waals surface area contributed by atoms with Crippen molar-refractivity contribution in [2.24, 2.45) is 0 Å². The highest BCUT2D eigenvalue weighted by molar-refractivity contribution is 5.89. The zero-order chi connectivity index (χ0) is 14.4. The van der Waals surface area contributed by atoms with Gasteiger partial charge in [-0.05, 0) is 35.4 Å². The third-order valence-corrected chi connectivity index (χ3v) is 2.89. The summed E-state index contributed by atoms with van der Waals surface area (Å²) in [6.45, 7) is 0.440. The van der Waals surface area contributed by atoms with Gasteiger partial charge >= 0.3 is 5.97 Å². The molecule has 0 heterocycles. The third-order valence-electron chi connectivity index (χ3n) is 2.89. The van der Waals surface area contributed by atoms with Crippen LogP contribution in [0.2, 0.25) is 0 Å². The first kappa shape index (κ1) is 14.1. The van der Waals surface area contributed by atoms with E-state index in [0.29, 0.717) is 12.2 Å². The van der Waals surface area contributed by atoms with Crippen molar-refractivity contribution in [1.82, 2.24) is 0 Å². The number of benzene rings is 2. The molecule has 0 saturated carbocycles. The van der Waals surface area contributed by atoms with Crippen molar-refractivity contribution in [1.29, 1.82) is 0 Å². The molecular weight excluding hydrogens is 256 g/mol. The van der Waals surface area contributed by atoms with Gasteiger partial charge in [-0.2, -0.15) is 0 Å². The number of hydrogen-bond donors (Lipinski definition) is 1. The van der Waals surface area contributed by atoms with Crippen LogP contribution in [0.1, 0.15) is 21.5 Å². The van der Waals surface area contributed by atoms with Crippen LogP contribution in [0.15, 0.2) is 48.5 Å². The summed E-state index contributed by atoms with van der Waals surface area (Å²) in [6.07, 6.45) is 0. The van der Waals surface area contributed by atoms with E-state index in [9.17, 15) is 4.79 Å². The average molecular weight is 272 g/mol. The number of ether oxygens (including phenoxy) is 2. The van der Waals surface area contributed by atoms with Crippen LogP contribution in [0.4, 0.5) is 0 Å². The molecule has 0 atom stereocenters. The Hall–Kier alpha value is -2.33. The molecule has 0 unspecified atom stereocenters. The summed E-state index contributed by atoms with van der Waals surface area (Å²) in [5.41, 5.74) is 2.33. The normalized spacial score (nSPS) is 10.1. The van der Waals surface area contributed by atoms with Crippen molar-refractivity contribution in [3.8, 4) is 5.75 Å². The summed E-state index contributed by atoms with van der Waals surface area (Å²) in [4.78, 5) is 11.3. The first-order valence-electron chi connectivity index (χ1n) is 6.23. The lowest BCUT2D eigenvalue weighted by atomic mass is 10.1. The lowest BCUT2D eigenvalue weighted by molar-refractivity contribution is 0.0600. The van der Waals surface area contributed by atoms with Crippen molar-refractivity contribution in [3.05, 3.63) is 65.2 Å². The Morgan fingerprint density at radius 1 is 1.00 bits per heavy atom. The van der Waals surface area contributed by atoms with E-state index in [1.807, 2.05) is 36.4 Å². The second-order valence-corrected chi connectivity index (χ2v) is 4.28. The largest absolute Gasteiger partial charge is 0.489 e. The molecule has 0 bridgehead atoms. The van der Waals surface area contributed by atoms with E-state index in [1.54, 1.807) is 12.1 Å². The summed E-state index contributed by atoms with van der Waals surface area (Å²) in [5.74, 6) is 0.385. The fourth-order valence-corrected chi connectivity index (χ4v) is 1.71. The SMILES string of the molecule is COC(=O)c1ccc(COc2ccc(CO)cc2)cc1. The summed E-state index contributed by atoms with van der Waals surface area (Å²) >= 11 is 0. The minimum absolute atomic E-state index is 0.0231. The topological polar surface area (TPSA) is 55.8 Å². The Bertz CT molecular complexity index is 558. The van der Waals surface area contributed by atoms with Gasteiger partial charge in [0.2, 0.25) is 0 Å². The number of aliphatic hydroxyl groups excluding tert-OH is 1. The Kier molecular flexibility index (Phi) is 4.74. The second kappa shape index (κ2) is 6.73. The molecule has 0 saturated heterocycles. The third kappa shape index (κ3) is 3.59. The molecule has 0 aromatic heterocycles. The monoisotopic (exact) mass is 272 g/mol. The van der Waals surface area contributed by atoms with Crippen molar-refractivity contribution in [2.75, 3.05) is 7.11 Å². The first-order valence-corrected chi connectivity index (χ1v) is 6.23. The predicted molar refractivity (Wildman–Crippen MR) is 74.5 cm³/mol. The number of carbonyl (C=O) groups excluding carboxylic acids is 1. The highest BCUT2D eigenvalue weighted by Gasteiger charge is 2.04. The average Bonchev–Trinajstić information content (AvgIpc) is 2.53. The van der Waals surface area contributed by atoms with Crippen LogP contribution in [0, 0.1) is 0 Å². The van der Waals surface area contributed by atoms with Gasteiger partial charge in [-0.25, -0.2) is 4.79 Å². The first-order chi connectivity index (χ1) is 9.72. The summed E-state index contributed by atoms with van der Waals surface area (Å²) in [6, 6.07) is 14.3. The Morgan fingerprint density at radius 3 is 2.15 bits per heavy atom. The highest BCUT2D eigenvalue weighted by Crippen LogP contribution is 2.14. The van der Waals surface area contributed by atoms with Crippen molar-refractivity contribution in [3.63, 3.8) is 0 Å². The van der Waals surface area contributed by atoms with Gasteiger partial charge in [0.05, 0.1) is 19.3 Å². The van der Waals surface area contributed by atoms with Gasteiger partial charge in [-0.1, -0.05) is 24.3 Å². The van der Waals surface area contributed by atoms with Gasteiger partial charge in [0, 0.05) is 0 Å². The van der Waals surface area contributed by atoms with Crippen molar-refractivity contribution < 1.29 is 19.4 Å². The van der Waals surface area contributed by atoms with Crippen LogP contribution in [-0.2, 0) is 18.0 Å². The molecule has 2 aromatic carbocycles. The lowest BCUT2D eigenvalue weighted by Crippen LogP contribution is -2.02. The number of carbonyl (C=O) groups is 1. The van der Waals surface area contributed by atoms with Crippen LogP contribution in [0.25, 0.3) is 0 Å². The molecule has 4 heteroatoms. The number of esters is 1. The van der Waals surface area contributed by atoms with Crippen LogP contribution in [-0.4, -0.2) is 18.2 Å². The zero-order valence-electron chi connectivity index (χ0n) is 11.2. The molecule has 0 amide bonds. The molecule has 104 valence electrons. The molecule has 2 aromatic rings. The molecule has 0 spiro atoms. The Labute approximate surface area is 117 Å². The van der Waals surface area contributed by atoms with E-state index in [4.69, 9.17) is 9.84 Å². The summed E-state index contributed by atoms with van der Waals surface area (Å²) in [7, 11) is 1.36. The molecule has 0 fully saturated rings. The number of methoxy groups -OCH3 is 1. The highest BCUT2D eigenvalue weighted by atomic mass is 16.5. The van der Waals surface area contributed by atoms with Crippen LogP contribution < -0.4 is 4.74 Å².